The van der Waals surface area contributed by atoms with Crippen molar-refractivity contribution in [2.75, 3.05) is 0 Å². The third-order valence-electron chi connectivity index (χ3n) is 2.75. The Balaban J connectivity index is 2.15. The van der Waals surface area contributed by atoms with Crippen molar-refractivity contribution in [3.05, 3.63) is 63.1 Å². The van der Waals surface area contributed by atoms with Crippen LogP contribution in [-0.2, 0) is 6.61 Å². The molecule has 2 aromatic rings. The molecule has 0 spiro atoms. The maximum absolute atomic E-state index is 5.98. The number of halogens is 2. The van der Waals surface area contributed by atoms with Crippen LogP contribution in [0.15, 0.2) is 46.9 Å². The van der Waals surface area contributed by atoms with Gasteiger partial charge in [-0.15, -0.1) is 0 Å². The molecule has 0 bridgehead atoms. The molecule has 2 rings (SSSR count). The molecule has 0 saturated heterocycles. The molecule has 0 heterocycles. The third-order valence-corrected chi connectivity index (χ3v) is 3.47. The Morgan fingerprint density at radius 1 is 1.26 bits per heavy atom. The van der Waals surface area contributed by atoms with Gasteiger partial charge in [-0.25, -0.2) is 0 Å². The zero-order chi connectivity index (χ0) is 13.8. The standard InChI is InChI=1S/C15H15BrClNO/c1-10(18)14-8-13(17)5-6-15(14)19-9-11-3-2-4-12(16)7-11/h2-8,10H,9,18H2,1H3. The van der Waals surface area contributed by atoms with Crippen LogP contribution in [0.1, 0.15) is 24.1 Å². The predicted molar refractivity (Wildman–Crippen MR) is 82.5 cm³/mol. The van der Waals surface area contributed by atoms with E-state index >= 15 is 0 Å². The van der Waals surface area contributed by atoms with Crippen molar-refractivity contribution in [3.8, 4) is 5.75 Å². The van der Waals surface area contributed by atoms with Gasteiger partial charge in [0.2, 0.25) is 0 Å². The second-order valence-corrected chi connectivity index (χ2v) is 5.74. The average molecular weight is 341 g/mol. The fourth-order valence-electron chi connectivity index (χ4n) is 1.79. The number of hydrogen-bond acceptors (Lipinski definition) is 2. The quantitative estimate of drug-likeness (QED) is 0.875. The molecule has 2 N–H and O–H groups in total. The molecule has 4 heteroatoms. The van der Waals surface area contributed by atoms with Gasteiger partial charge in [0.15, 0.2) is 0 Å². The van der Waals surface area contributed by atoms with Crippen molar-refractivity contribution in [1.82, 2.24) is 0 Å². The third kappa shape index (κ3) is 3.96. The van der Waals surface area contributed by atoms with Crippen LogP contribution in [0.5, 0.6) is 5.75 Å². The van der Waals surface area contributed by atoms with Gasteiger partial charge in [-0.1, -0.05) is 39.7 Å². The van der Waals surface area contributed by atoms with Crippen LogP contribution in [0, 0.1) is 0 Å². The first-order valence-corrected chi connectivity index (χ1v) is 7.15. The maximum Gasteiger partial charge on any atom is 0.124 e. The van der Waals surface area contributed by atoms with E-state index in [-0.39, 0.29) is 6.04 Å². The number of hydrogen-bond donors (Lipinski definition) is 1. The Morgan fingerprint density at radius 3 is 2.74 bits per heavy atom. The molecule has 0 aliphatic carbocycles. The SMILES string of the molecule is CC(N)c1cc(Cl)ccc1OCc1cccc(Br)c1. The normalized spacial score (nSPS) is 12.2. The summed E-state index contributed by atoms with van der Waals surface area (Å²) < 4.78 is 6.87. The zero-order valence-electron chi connectivity index (χ0n) is 10.6. The van der Waals surface area contributed by atoms with Crippen molar-refractivity contribution in [2.24, 2.45) is 5.73 Å². The number of ether oxygens (including phenoxy) is 1. The summed E-state index contributed by atoms with van der Waals surface area (Å²) in [6, 6.07) is 13.4. The van der Waals surface area contributed by atoms with Crippen LogP contribution in [-0.4, -0.2) is 0 Å². The average Bonchev–Trinajstić information content (AvgIpc) is 2.37. The van der Waals surface area contributed by atoms with Gasteiger partial charge in [0.1, 0.15) is 12.4 Å². The number of nitrogens with two attached hydrogens (primary N) is 1. The summed E-state index contributed by atoms with van der Waals surface area (Å²) in [6.07, 6.45) is 0. The fraction of sp³-hybridized carbons (Fsp3) is 0.200. The van der Waals surface area contributed by atoms with Gasteiger partial charge in [0.25, 0.3) is 0 Å². The largest absolute Gasteiger partial charge is 0.489 e. The van der Waals surface area contributed by atoms with Gasteiger partial charge in [-0.3, -0.25) is 0 Å². The first kappa shape index (κ1) is 14.4. The molecule has 0 fully saturated rings. The van der Waals surface area contributed by atoms with Gasteiger partial charge >= 0.3 is 0 Å². The van der Waals surface area contributed by atoms with E-state index in [1.54, 1.807) is 0 Å². The van der Waals surface area contributed by atoms with Crippen LogP contribution in [0.25, 0.3) is 0 Å². The predicted octanol–water partition coefficient (Wildman–Crippen LogP) is 4.70. The van der Waals surface area contributed by atoms with Crippen LogP contribution < -0.4 is 10.5 Å². The molecule has 0 saturated carbocycles. The second kappa shape index (κ2) is 6.42. The minimum absolute atomic E-state index is 0.115. The molecule has 0 aliphatic rings. The minimum Gasteiger partial charge on any atom is -0.489 e. The van der Waals surface area contributed by atoms with E-state index in [0.29, 0.717) is 11.6 Å². The second-order valence-electron chi connectivity index (χ2n) is 4.39. The molecule has 19 heavy (non-hydrogen) atoms. The fourth-order valence-corrected chi connectivity index (χ4v) is 2.42. The first-order valence-electron chi connectivity index (χ1n) is 5.98. The van der Waals surface area contributed by atoms with E-state index in [9.17, 15) is 0 Å². The van der Waals surface area contributed by atoms with E-state index < -0.39 is 0 Å². The smallest absolute Gasteiger partial charge is 0.124 e. The first-order chi connectivity index (χ1) is 9.06. The van der Waals surface area contributed by atoms with E-state index in [4.69, 9.17) is 22.1 Å². The summed E-state index contributed by atoms with van der Waals surface area (Å²) in [5.41, 5.74) is 7.95. The maximum atomic E-state index is 5.98. The summed E-state index contributed by atoms with van der Waals surface area (Å²) in [7, 11) is 0. The van der Waals surface area contributed by atoms with Crippen molar-refractivity contribution in [3.63, 3.8) is 0 Å². The van der Waals surface area contributed by atoms with Crippen molar-refractivity contribution in [2.45, 2.75) is 19.6 Å². The molecular weight excluding hydrogens is 326 g/mol. The number of benzene rings is 2. The Morgan fingerprint density at radius 2 is 2.05 bits per heavy atom. The van der Waals surface area contributed by atoms with Crippen LogP contribution in [0.3, 0.4) is 0 Å². The van der Waals surface area contributed by atoms with Gasteiger partial charge in [0.05, 0.1) is 0 Å². The summed E-state index contributed by atoms with van der Waals surface area (Å²) >= 11 is 9.42. The lowest BCUT2D eigenvalue weighted by molar-refractivity contribution is 0.301. The monoisotopic (exact) mass is 339 g/mol. The molecule has 100 valence electrons. The van der Waals surface area contributed by atoms with E-state index in [1.165, 1.54) is 0 Å². The molecule has 1 atom stereocenters. The highest BCUT2D eigenvalue weighted by Gasteiger charge is 2.09. The van der Waals surface area contributed by atoms with E-state index in [2.05, 4.69) is 15.9 Å². The van der Waals surface area contributed by atoms with Gasteiger partial charge in [-0.05, 0) is 42.8 Å². The molecule has 2 nitrogen and oxygen atoms in total. The highest BCUT2D eigenvalue weighted by Crippen LogP contribution is 2.28. The van der Waals surface area contributed by atoms with Crippen LogP contribution in [0.2, 0.25) is 5.02 Å². The molecule has 0 amide bonds. The lowest BCUT2D eigenvalue weighted by Gasteiger charge is -2.14. The molecule has 2 aromatic carbocycles. The number of rotatable bonds is 4. The lowest BCUT2D eigenvalue weighted by atomic mass is 10.1. The summed E-state index contributed by atoms with van der Waals surface area (Å²) in [4.78, 5) is 0. The Labute approximate surface area is 126 Å². The highest BCUT2D eigenvalue weighted by molar-refractivity contribution is 9.10. The molecule has 0 radical (unpaired) electrons. The minimum atomic E-state index is -0.115. The summed E-state index contributed by atoms with van der Waals surface area (Å²) in [6.45, 7) is 2.42. The summed E-state index contributed by atoms with van der Waals surface area (Å²) in [5, 5.41) is 0.669. The molecular formula is C15H15BrClNO. The van der Waals surface area contributed by atoms with Crippen molar-refractivity contribution in [1.29, 1.82) is 0 Å². The van der Waals surface area contributed by atoms with Crippen LogP contribution >= 0.6 is 27.5 Å². The highest BCUT2D eigenvalue weighted by atomic mass is 79.9. The lowest BCUT2D eigenvalue weighted by Crippen LogP contribution is -2.08. The molecule has 0 aromatic heterocycles. The summed E-state index contributed by atoms with van der Waals surface area (Å²) in [5.74, 6) is 0.777. The van der Waals surface area contributed by atoms with Gasteiger partial charge < -0.3 is 10.5 Å². The van der Waals surface area contributed by atoms with E-state index in [0.717, 1.165) is 21.3 Å². The zero-order valence-corrected chi connectivity index (χ0v) is 12.9. The van der Waals surface area contributed by atoms with E-state index in [1.807, 2.05) is 49.4 Å². The Kier molecular flexibility index (Phi) is 4.86. The molecule has 0 aliphatic heterocycles. The van der Waals surface area contributed by atoms with Crippen molar-refractivity contribution >= 4 is 27.5 Å². The van der Waals surface area contributed by atoms with Gasteiger partial charge in [0, 0.05) is 21.1 Å². The molecule has 1 unspecified atom stereocenters. The van der Waals surface area contributed by atoms with Gasteiger partial charge in [-0.2, -0.15) is 0 Å². The van der Waals surface area contributed by atoms with Crippen molar-refractivity contribution < 1.29 is 4.74 Å². The topological polar surface area (TPSA) is 35.2 Å². The van der Waals surface area contributed by atoms with Crippen LogP contribution in [0.4, 0.5) is 0 Å². The Bertz CT molecular complexity index is 572. The Hall–Kier alpha value is -1.03.